The predicted molar refractivity (Wildman–Crippen MR) is 68.7 cm³/mol. The minimum atomic E-state index is -0.0200. The van der Waals surface area contributed by atoms with Crippen molar-refractivity contribution in [3.8, 4) is 6.07 Å². The SMILES string of the molecule is CN(Cc1ccc(C#N)cc1)C(=O)[C@H]1CCCN1. The van der Waals surface area contributed by atoms with Gasteiger partial charge in [0, 0.05) is 13.6 Å². The fraction of sp³-hybridized carbons (Fsp3) is 0.429. The molecule has 1 fully saturated rings. The van der Waals surface area contributed by atoms with Gasteiger partial charge in [-0.1, -0.05) is 12.1 Å². The molecule has 4 heteroatoms. The number of nitrogens with zero attached hydrogens (tertiary/aromatic N) is 2. The summed E-state index contributed by atoms with van der Waals surface area (Å²) in [6, 6.07) is 9.41. The summed E-state index contributed by atoms with van der Waals surface area (Å²) in [5.41, 5.74) is 1.69. The van der Waals surface area contributed by atoms with Gasteiger partial charge >= 0.3 is 0 Å². The van der Waals surface area contributed by atoms with E-state index >= 15 is 0 Å². The fourth-order valence-corrected chi connectivity index (χ4v) is 2.20. The summed E-state index contributed by atoms with van der Waals surface area (Å²) < 4.78 is 0. The summed E-state index contributed by atoms with van der Waals surface area (Å²) in [6.45, 7) is 1.52. The molecule has 1 amide bonds. The first-order valence-corrected chi connectivity index (χ1v) is 6.18. The largest absolute Gasteiger partial charge is 0.340 e. The molecule has 1 atom stereocenters. The Bertz CT molecular complexity index is 455. The molecule has 2 rings (SSSR count). The van der Waals surface area contributed by atoms with E-state index in [-0.39, 0.29) is 11.9 Å². The molecule has 0 aliphatic carbocycles. The highest BCUT2D eigenvalue weighted by Gasteiger charge is 2.24. The standard InChI is InChI=1S/C14H17N3O/c1-17(14(18)13-3-2-8-16-13)10-12-6-4-11(9-15)5-7-12/h4-7,13,16H,2-3,8,10H2,1H3/t13-/m1/s1. The second-order valence-corrected chi connectivity index (χ2v) is 4.65. The minimum absolute atomic E-state index is 0.0200. The Labute approximate surface area is 107 Å². The van der Waals surface area contributed by atoms with Crippen molar-refractivity contribution in [2.75, 3.05) is 13.6 Å². The molecule has 1 aromatic carbocycles. The molecule has 1 aliphatic rings. The van der Waals surface area contributed by atoms with Crippen LogP contribution in [0.25, 0.3) is 0 Å². The van der Waals surface area contributed by atoms with Crippen molar-refractivity contribution < 1.29 is 4.79 Å². The lowest BCUT2D eigenvalue weighted by atomic mass is 10.1. The summed E-state index contributed by atoms with van der Waals surface area (Å²) in [5, 5.41) is 11.9. The van der Waals surface area contributed by atoms with Crippen LogP contribution in [0.3, 0.4) is 0 Å². The number of hydrogen-bond donors (Lipinski definition) is 1. The maximum atomic E-state index is 12.1. The Hall–Kier alpha value is -1.86. The zero-order valence-corrected chi connectivity index (χ0v) is 10.5. The van der Waals surface area contributed by atoms with Crippen LogP contribution >= 0.6 is 0 Å². The van der Waals surface area contributed by atoms with Gasteiger partial charge in [0.1, 0.15) is 0 Å². The molecule has 18 heavy (non-hydrogen) atoms. The van der Waals surface area contributed by atoms with E-state index in [2.05, 4.69) is 11.4 Å². The Morgan fingerprint density at radius 3 is 2.78 bits per heavy atom. The van der Waals surface area contributed by atoms with E-state index in [0.717, 1.165) is 24.9 Å². The molecule has 1 aliphatic heterocycles. The van der Waals surface area contributed by atoms with Crippen LogP contribution in [-0.4, -0.2) is 30.4 Å². The minimum Gasteiger partial charge on any atom is -0.340 e. The average molecular weight is 243 g/mol. The van der Waals surface area contributed by atoms with Gasteiger partial charge in [-0.2, -0.15) is 5.26 Å². The van der Waals surface area contributed by atoms with Gasteiger partial charge in [0.25, 0.3) is 0 Å². The topological polar surface area (TPSA) is 56.1 Å². The van der Waals surface area contributed by atoms with E-state index in [4.69, 9.17) is 5.26 Å². The van der Waals surface area contributed by atoms with Gasteiger partial charge in [0.05, 0.1) is 17.7 Å². The van der Waals surface area contributed by atoms with Crippen LogP contribution in [0.15, 0.2) is 24.3 Å². The second kappa shape index (κ2) is 5.65. The lowest BCUT2D eigenvalue weighted by molar-refractivity contribution is -0.132. The van der Waals surface area contributed by atoms with Crippen molar-refractivity contribution in [1.82, 2.24) is 10.2 Å². The molecular formula is C14H17N3O. The van der Waals surface area contributed by atoms with E-state index < -0.39 is 0 Å². The van der Waals surface area contributed by atoms with E-state index in [9.17, 15) is 4.79 Å². The van der Waals surface area contributed by atoms with Crippen molar-refractivity contribution in [2.45, 2.75) is 25.4 Å². The van der Waals surface area contributed by atoms with Crippen LogP contribution in [0.2, 0.25) is 0 Å². The number of benzene rings is 1. The van der Waals surface area contributed by atoms with Gasteiger partial charge in [-0.3, -0.25) is 4.79 Å². The van der Waals surface area contributed by atoms with Gasteiger partial charge in [0.15, 0.2) is 0 Å². The molecule has 1 heterocycles. The molecule has 1 N–H and O–H groups in total. The number of carbonyl (C=O) groups is 1. The Morgan fingerprint density at radius 1 is 1.50 bits per heavy atom. The van der Waals surface area contributed by atoms with Crippen LogP contribution < -0.4 is 5.32 Å². The van der Waals surface area contributed by atoms with Crippen LogP contribution in [0.1, 0.15) is 24.0 Å². The van der Waals surface area contributed by atoms with Crippen LogP contribution in [0.5, 0.6) is 0 Å². The molecule has 0 bridgehead atoms. The maximum absolute atomic E-state index is 12.1. The monoisotopic (exact) mass is 243 g/mol. The van der Waals surface area contributed by atoms with Crippen molar-refractivity contribution in [3.05, 3.63) is 35.4 Å². The highest BCUT2D eigenvalue weighted by molar-refractivity contribution is 5.81. The van der Waals surface area contributed by atoms with E-state index in [0.29, 0.717) is 12.1 Å². The Morgan fingerprint density at radius 2 is 2.22 bits per heavy atom. The molecule has 0 aromatic heterocycles. The smallest absolute Gasteiger partial charge is 0.239 e. The molecule has 0 radical (unpaired) electrons. The summed E-state index contributed by atoms with van der Waals surface area (Å²) in [5.74, 6) is 0.150. The maximum Gasteiger partial charge on any atom is 0.239 e. The zero-order valence-electron chi connectivity index (χ0n) is 10.5. The number of hydrogen-bond acceptors (Lipinski definition) is 3. The van der Waals surface area contributed by atoms with E-state index in [1.165, 1.54) is 0 Å². The Balaban J connectivity index is 1.95. The molecule has 4 nitrogen and oxygen atoms in total. The molecule has 0 spiro atoms. The number of likely N-dealkylation sites (N-methyl/N-ethyl adjacent to an activating group) is 1. The first kappa shape index (κ1) is 12.6. The number of amides is 1. The molecule has 0 saturated carbocycles. The fourth-order valence-electron chi connectivity index (χ4n) is 2.20. The highest BCUT2D eigenvalue weighted by atomic mass is 16.2. The van der Waals surface area contributed by atoms with Crippen LogP contribution in [-0.2, 0) is 11.3 Å². The lowest BCUT2D eigenvalue weighted by Gasteiger charge is -2.21. The summed E-state index contributed by atoms with van der Waals surface area (Å²) in [7, 11) is 1.82. The first-order valence-electron chi connectivity index (χ1n) is 6.18. The second-order valence-electron chi connectivity index (χ2n) is 4.65. The van der Waals surface area contributed by atoms with Crippen LogP contribution in [0, 0.1) is 11.3 Å². The third kappa shape index (κ3) is 2.88. The average Bonchev–Trinajstić information content (AvgIpc) is 2.92. The summed E-state index contributed by atoms with van der Waals surface area (Å²) in [6.07, 6.45) is 2.00. The molecule has 94 valence electrons. The van der Waals surface area contributed by atoms with E-state index in [1.54, 1.807) is 17.0 Å². The first-order chi connectivity index (χ1) is 8.70. The predicted octanol–water partition coefficient (Wildman–Crippen LogP) is 1.27. The number of carbonyl (C=O) groups excluding carboxylic acids is 1. The number of rotatable bonds is 3. The third-order valence-corrected chi connectivity index (χ3v) is 3.24. The normalized spacial score (nSPS) is 18.3. The van der Waals surface area contributed by atoms with Gasteiger partial charge in [-0.15, -0.1) is 0 Å². The molecular weight excluding hydrogens is 226 g/mol. The summed E-state index contributed by atoms with van der Waals surface area (Å²) >= 11 is 0. The number of nitriles is 1. The molecule has 1 saturated heterocycles. The quantitative estimate of drug-likeness (QED) is 0.869. The Kier molecular flexibility index (Phi) is 3.96. The van der Waals surface area contributed by atoms with Gasteiger partial charge in [-0.05, 0) is 37.1 Å². The third-order valence-electron chi connectivity index (χ3n) is 3.24. The lowest BCUT2D eigenvalue weighted by Crippen LogP contribution is -2.41. The highest BCUT2D eigenvalue weighted by Crippen LogP contribution is 2.11. The molecule has 0 unspecified atom stereocenters. The number of nitrogens with one attached hydrogen (secondary N) is 1. The van der Waals surface area contributed by atoms with Gasteiger partial charge in [0.2, 0.25) is 5.91 Å². The van der Waals surface area contributed by atoms with Gasteiger partial charge in [-0.25, -0.2) is 0 Å². The summed E-state index contributed by atoms with van der Waals surface area (Å²) in [4.78, 5) is 13.8. The van der Waals surface area contributed by atoms with Gasteiger partial charge < -0.3 is 10.2 Å². The van der Waals surface area contributed by atoms with Crippen molar-refractivity contribution in [2.24, 2.45) is 0 Å². The van der Waals surface area contributed by atoms with Crippen LogP contribution in [0.4, 0.5) is 0 Å². The van der Waals surface area contributed by atoms with Crippen molar-refractivity contribution >= 4 is 5.91 Å². The van der Waals surface area contributed by atoms with Crippen molar-refractivity contribution in [1.29, 1.82) is 5.26 Å². The molecule has 1 aromatic rings. The van der Waals surface area contributed by atoms with E-state index in [1.807, 2.05) is 19.2 Å². The van der Waals surface area contributed by atoms with Crippen molar-refractivity contribution in [3.63, 3.8) is 0 Å². The zero-order chi connectivity index (χ0) is 13.0.